The number of ether oxygens (including phenoxy) is 1. The topological polar surface area (TPSA) is 30.3 Å². The molecule has 1 aliphatic heterocycles. The summed E-state index contributed by atoms with van der Waals surface area (Å²) < 4.78 is 22.1. The van der Waals surface area contributed by atoms with Gasteiger partial charge in [-0.25, -0.2) is 9.07 Å². The molecule has 0 saturated heterocycles. The molecule has 118 valence electrons. The number of likely N-dealkylation sites (N-methyl/N-ethyl adjacent to an activating group) is 1. The summed E-state index contributed by atoms with van der Waals surface area (Å²) in [5.41, 5.74) is 2.25. The Hall–Kier alpha value is -1.88. The maximum atomic E-state index is 14.1. The van der Waals surface area contributed by atoms with Crippen LogP contribution in [0.15, 0.2) is 24.3 Å². The Balaban J connectivity index is 1.99. The van der Waals surface area contributed by atoms with Crippen LogP contribution in [0, 0.1) is 5.82 Å². The molecule has 1 aromatic heterocycles. The molecule has 22 heavy (non-hydrogen) atoms. The normalized spacial score (nSPS) is 17.4. The maximum absolute atomic E-state index is 14.1. The van der Waals surface area contributed by atoms with Gasteiger partial charge in [-0.05, 0) is 32.6 Å². The minimum atomic E-state index is -0.238. The third-order valence-corrected chi connectivity index (χ3v) is 3.99. The molecule has 1 unspecified atom stereocenters. The lowest BCUT2D eigenvalue weighted by atomic mass is 10.1. The lowest BCUT2D eigenvalue weighted by Crippen LogP contribution is -2.35. The van der Waals surface area contributed by atoms with E-state index in [0.717, 1.165) is 37.4 Å². The van der Waals surface area contributed by atoms with Crippen molar-refractivity contribution in [2.24, 2.45) is 0 Å². The number of nitrogens with zero attached hydrogens (tertiary/aromatic N) is 3. The van der Waals surface area contributed by atoms with Gasteiger partial charge < -0.3 is 9.64 Å². The molecule has 0 amide bonds. The van der Waals surface area contributed by atoms with E-state index in [1.807, 2.05) is 24.8 Å². The maximum Gasteiger partial charge on any atom is 0.216 e. The average Bonchev–Trinajstić information content (AvgIpc) is 2.84. The molecule has 0 N–H and O–H groups in total. The third kappa shape index (κ3) is 2.73. The van der Waals surface area contributed by atoms with E-state index < -0.39 is 0 Å². The molecule has 0 spiro atoms. The Kier molecular flexibility index (Phi) is 4.16. The van der Waals surface area contributed by atoms with Gasteiger partial charge >= 0.3 is 0 Å². The monoisotopic (exact) mass is 303 g/mol. The molecule has 0 saturated carbocycles. The van der Waals surface area contributed by atoms with Crippen molar-refractivity contribution < 1.29 is 9.13 Å². The summed E-state index contributed by atoms with van der Waals surface area (Å²) in [6.45, 7) is 3.75. The SMILES string of the molecule is CCc1c(-c2ccccc2F)nn2c1OC(CN(C)C)CC2. The predicted octanol–water partition coefficient (Wildman–Crippen LogP) is 2.96. The summed E-state index contributed by atoms with van der Waals surface area (Å²) in [6.07, 6.45) is 1.86. The van der Waals surface area contributed by atoms with Crippen LogP contribution in [0.25, 0.3) is 11.3 Å². The van der Waals surface area contributed by atoms with E-state index in [4.69, 9.17) is 4.74 Å². The van der Waals surface area contributed by atoms with Gasteiger partial charge in [-0.1, -0.05) is 19.1 Å². The molecule has 0 aliphatic carbocycles. The second kappa shape index (κ2) is 6.08. The molecule has 2 aromatic rings. The lowest BCUT2D eigenvalue weighted by Gasteiger charge is -2.27. The number of aryl methyl sites for hydroxylation is 1. The summed E-state index contributed by atoms with van der Waals surface area (Å²) in [5.74, 6) is 0.566. The van der Waals surface area contributed by atoms with Crippen molar-refractivity contribution in [3.8, 4) is 17.1 Å². The predicted molar refractivity (Wildman–Crippen MR) is 84.6 cm³/mol. The number of halogens is 1. The summed E-state index contributed by atoms with van der Waals surface area (Å²) in [6, 6.07) is 6.79. The van der Waals surface area contributed by atoms with Crippen molar-refractivity contribution in [3.05, 3.63) is 35.6 Å². The smallest absolute Gasteiger partial charge is 0.216 e. The number of hydrogen-bond donors (Lipinski definition) is 0. The molecular weight excluding hydrogens is 281 g/mol. The van der Waals surface area contributed by atoms with Gasteiger partial charge in [0.2, 0.25) is 5.88 Å². The summed E-state index contributed by atoms with van der Waals surface area (Å²) in [5, 5.41) is 4.60. The Bertz CT molecular complexity index is 666. The molecule has 3 rings (SSSR count). The van der Waals surface area contributed by atoms with Crippen molar-refractivity contribution in [1.82, 2.24) is 14.7 Å². The Morgan fingerprint density at radius 2 is 2.14 bits per heavy atom. The Morgan fingerprint density at radius 1 is 1.36 bits per heavy atom. The first-order valence-corrected chi connectivity index (χ1v) is 7.76. The summed E-state index contributed by atoms with van der Waals surface area (Å²) in [4.78, 5) is 2.13. The molecule has 4 nitrogen and oxygen atoms in total. The van der Waals surface area contributed by atoms with E-state index in [-0.39, 0.29) is 11.9 Å². The van der Waals surface area contributed by atoms with Crippen LogP contribution in [0.5, 0.6) is 5.88 Å². The molecule has 1 aliphatic rings. The number of hydrogen-bond acceptors (Lipinski definition) is 3. The van der Waals surface area contributed by atoms with Crippen LogP contribution in [-0.4, -0.2) is 41.4 Å². The van der Waals surface area contributed by atoms with Gasteiger partial charge in [0.25, 0.3) is 0 Å². The van der Waals surface area contributed by atoms with Gasteiger partial charge in [-0.2, -0.15) is 5.10 Å². The highest BCUT2D eigenvalue weighted by molar-refractivity contribution is 5.66. The largest absolute Gasteiger partial charge is 0.473 e. The van der Waals surface area contributed by atoms with Crippen LogP contribution in [-0.2, 0) is 13.0 Å². The highest BCUT2D eigenvalue weighted by atomic mass is 19.1. The molecule has 2 heterocycles. The molecule has 1 aromatic carbocycles. The van der Waals surface area contributed by atoms with E-state index in [2.05, 4.69) is 16.9 Å². The van der Waals surface area contributed by atoms with Crippen molar-refractivity contribution in [3.63, 3.8) is 0 Å². The molecule has 0 bridgehead atoms. The summed E-state index contributed by atoms with van der Waals surface area (Å²) in [7, 11) is 4.08. The minimum Gasteiger partial charge on any atom is -0.473 e. The van der Waals surface area contributed by atoms with Crippen LogP contribution < -0.4 is 4.74 Å². The van der Waals surface area contributed by atoms with Gasteiger partial charge in [0.1, 0.15) is 17.6 Å². The molecular formula is C17H22FN3O. The van der Waals surface area contributed by atoms with Crippen LogP contribution in [0.4, 0.5) is 4.39 Å². The van der Waals surface area contributed by atoms with Crippen LogP contribution in [0.3, 0.4) is 0 Å². The molecule has 0 fully saturated rings. The fourth-order valence-electron chi connectivity index (χ4n) is 2.97. The number of aromatic nitrogens is 2. The fourth-order valence-corrected chi connectivity index (χ4v) is 2.97. The zero-order valence-corrected chi connectivity index (χ0v) is 13.3. The van der Waals surface area contributed by atoms with Crippen molar-refractivity contribution >= 4 is 0 Å². The minimum absolute atomic E-state index is 0.165. The lowest BCUT2D eigenvalue weighted by molar-refractivity contribution is 0.105. The van der Waals surface area contributed by atoms with Gasteiger partial charge in [0.15, 0.2) is 0 Å². The molecule has 1 atom stereocenters. The zero-order chi connectivity index (χ0) is 15.7. The van der Waals surface area contributed by atoms with Gasteiger partial charge in [-0.3, -0.25) is 0 Å². The average molecular weight is 303 g/mol. The third-order valence-electron chi connectivity index (χ3n) is 3.99. The van der Waals surface area contributed by atoms with Gasteiger partial charge in [-0.15, -0.1) is 0 Å². The number of rotatable bonds is 4. The first-order valence-electron chi connectivity index (χ1n) is 7.76. The van der Waals surface area contributed by atoms with Gasteiger partial charge in [0.05, 0.1) is 0 Å². The fraction of sp³-hybridized carbons (Fsp3) is 0.471. The van der Waals surface area contributed by atoms with E-state index in [1.165, 1.54) is 6.07 Å². The molecule has 0 radical (unpaired) electrons. The Morgan fingerprint density at radius 3 is 2.82 bits per heavy atom. The second-order valence-electron chi connectivity index (χ2n) is 5.98. The highest BCUT2D eigenvalue weighted by Gasteiger charge is 2.27. The number of fused-ring (bicyclic) bond motifs is 1. The first-order chi connectivity index (χ1) is 10.6. The van der Waals surface area contributed by atoms with Crippen molar-refractivity contribution in [2.45, 2.75) is 32.4 Å². The highest BCUT2D eigenvalue weighted by Crippen LogP contribution is 2.35. The Labute approximate surface area is 130 Å². The van der Waals surface area contributed by atoms with E-state index in [9.17, 15) is 4.39 Å². The van der Waals surface area contributed by atoms with E-state index >= 15 is 0 Å². The quantitative estimate of drug-likeness (QED) is 0.870. The summed E-state index contributed by atoms with van der Waals surface area (Å²) >= 11 is 0. The van der Waals surface area contributed by atoms with Crippen LogP contribution in [0.2, 0.25) is 0 Å². The van der Waals surface area contributed by atoms with E-state index in [1.54, 1.807) is 12.1 Å². The van der Waals surface area contributed by atoms with Gasteiger partial charge in [0, 0.05) is 30.6 Å². The van der Waals surface area contributed by atoms with Crippen LogP contribution in [0.1, 0.15) is 18.9 Å². The van der Waals surface area contributed by atoms with Crippen molar-refractivity contribution in [1.29, 1.82) is 0 Å². The van der Waals surface area contributed by atoms with Crippen LogP contribution >= 0.6 is 0 Å². The first kappa shape index (κ1) is 15.0. The second-order valence-corrected chi connectivity index (χ2v) is 5.98. The standard InChI is InChI=1S/C17H22FN3O/c1-4-13-16(14-7-5-6-8-15(14)18)19-21-10-9-12(11-20(2)3)22-17(13)21/h5-8,12H,4,9-11H2,1-3H3. The van der Waals surface area contributed by atoms with E-state index in [0.29, 0.717) is 11.3 Å². The molecule has 5 heteroatoms. The van der Waals surface area contributed by atoms with Crippen molar-refractivity contribution in [2.75, 3.05) is 20.6 Å². The number of benzene rings is 1. The zero-order valence-electron chi connectivity index (χ0n) is 13.3.